The van der Waals surface area contributed by atoms with Gasteiger partial charge < -0.3 is 10.6 Å². The monoisotopic (exact) mass is 268 g/mol. The molecule has 0 aliphatic carbocycles. The highest BCUT2D eigenvalue weighted by Gasteiger charge is 2.29. The maximum atomic E-state index is 13.5. The lowest BCUT2D eigenvalue weighted by Gasteiger charge is -2.36. The van der Waals surface area contributed by atoms with E-state index in [0.717, 1.165) is 25.1 Å². The van der Waals surface area contributed by atoms with E-state index in [1.165, 1.54) is 6.07 Å². The first-order chi connectivity index (χ1) is 8.99. The van der Waals surface area contributed by atoms with Crippen molar-refractivity contribution in [3.05, 3.63) is 35.4 Å². The van der Waals surface area contributed by atoms with Crippen LogP contribution in [0, 0.1) is 17.6 Å². The van der Waals surface area contributed by atoms with Crippen LogP contribution < -0.4 is 10.6 Å². The molecule has 0 aromatic heterocycles. The summed E-state index contributed by atoms with van der Waals surface area (Å²) in [6.07, 6.45) is 0.960. The second-order valence-electron chi connectivity index (χ2n) is 5.13. The number of halogens is 2. The van der Waals surface area contributed by atoms with Crippen LogP contribution >= 0.6 is 0 Å². The zero-order valence-electron chi connectivity index (χ0n) is 11.0. The average Bonchev–Trinajstić information content (AvgIpc) is 2.33. The minimum atomic E-state index is -0.832. The minimum Gasteiger partial charge on any atom is -0.347 e. The van der Waals surface area contributed by atoms with Crippen LogP contribution in [0.25, 0.3) is 0 Å². The van der Waals surface area contributed by atoms with E-state index >= 15 is 0 Å². The summed E-state index contributed by atoms with van der Waals surface area (Å²) in [7, 11) is 0. The fourth-order valence-electron chi connectivity index (χ4n) is 2.51. The Hall–Kier alpha value is -1.49. The van der Waals surface area contributed by atoms with Crippen molar-refractivity contribution < 1.29 is 13.6 Å². The fourth-order valence-corrected chi connectivity index (χ4v) is 2.51. The molecule has 2 rings (SSSR count). The van der Waals surface area contributed by atoms with E-state index in [-0.39, 0.29) is 17.6 Å². The summed E-state index contributed by atoms with van der Waals surface area (Å²) in [6, 6.07) is 3.07. The van der Waals surface area contributed by atoms with Crippen LogP contribution in [0.1, 0.15) is 30.6 Å². The van der Waals surface area contributed by atoms with Gasteiger partial charge in [0.15, 0.2) is 0 Å². The number of carbonyl (C=O) groups is 1. The third-order valence-electron chi connectivity index (χ3n) is 3.69. The van der Waals surface area contributed by atoms with E-state index in [1.54, 1.807) is 0 Å². The van der Waals surface area contributed by atoms with E-state index < -0.39 is 17.5 Å². The molecule has 1 aromatic rings. The minimum absolute atomic E-state index is 0.0503. The van der Waals surface area contributed by atoms with Gasteiger partial charge in [-0.1, -0.05) is 6.92 Å². The Kier molecular flexibility index (Phi) is 4.14. The van der Waals surface area contributed by atoms with Gasteiger partial charge in [0.05, 0.1) is 5.56 Å². The highest BCUT2D eigenvalue weighted by molar-refractivity contribution is 5.94. The van der Waals surface area contributed by atoms with E-state index in [2.05, 4.69) is 17.6 Å². The van der Waals surface area contributed by atoms with Gasteiger partial charge in [-0.15, -0.1) is 0 Å². The lowest BCUT2D eigenvalue weighted by Crippen LogP contribution is -2.56. The van der Waals surface area contributed by atoms with Gasteiger partial charge in [0.2, 0.25) is 0 Å². The number of benzene rings is 1. The summed E-state index contributed by atoms with van der Waals surface area (Å²) >= 11 is 0. The predicted molar refractivity (Wildman–Crippen MR) is 68.9 cm³/mol. The van der Waals surface area contributed by atoms with Crippen molar-refractivity contribution in [3.8, 4) is 0 Å². The zero-order valence-corrected chi connectivity index (χ0v) is 11.0. The second kappa shape index (κ2) is 5.65. The smallest absolute Gasteiger partial charge is 0.254 e. The molecule has 3 nitrogen and oxygen atoms in total. The van der Waals surface area contributed by atoms with Crippen molar-refractivity contribution in [1.82, 2.24) is 10.6 Å². The first kappa shape index (κ1) is 13.9. The van der Waals surface area contributed by atoms with Crippen molar-refractivity contribution >= 4 is 5.91 Å². The van der Waals surface area contributed by atoms with Gasteiger partial charge in [0.25, 0.3) is 5.91 Å². The Labute approximate surface area is 111 Å². The zero-order chi connectivity index (χ0) is 14.0. The van der Waals surface area contributed by atoms with Crippen LogP contribution in [0.3, 0.4) is 0 Å². The number of hydrogen-bond donors (Lipinski definition) is 2. The van der Waals surface area contributed by atoms with E-state index in [0.29, 0.717) is 5.92 Å². The van der Waals surface area contributed by atoms with Crippen LogP contribution in [-0.2, 0) is 0 Å². The van der Waals surface area contributed by atoms with Crippen molar-refractivity contribution in [1.29, 1.82) is 0 Å². The quantitative estimate of drug-likeness (QED) is 0.862. The van der Waals surface area contributed by atoms with E-state index in [9.17, 15) is 13.6 Å². The molecule has 19 heavy (non-hydrogen) atoms. The van der Waals surface area contributed by atoms with Crippen molar-refractivity contribution in [3.63, 3.8) is 0 Å². The standard InChI is InChI=1S/C14H18F2N2O/c1-8-5-6-17-9(2)13(8)18-14(19)11-4-3-10(15)7-12(11)16/h3-4,7-9,13,17H,5-6H2,1-2H3,(H,18,19). The lowest BCUT2D eigenvalue weighted by atomic mass is 9.89. The molecule has 104 valence electrons. The van der Waals surface area contributed by atoms with Crippen LogP contribution in [0.5, 0.6) is 0 Å². The van der Waals surface area contributed by atoms with Crippen molar-refractivity contribution in [2.24, 2.45) is 5.92 Å². The number of hydrogen-bond acceptors (Lipinski definition) is 2. The SMILES string of the molecule is CC1CCNC(C)C1NC(=O)c1ccc(F)cc1F. The molecule has 1 aliphatic rings. The molecule has 1 saturated heterocycles. The van der Waals surface area contributed by atoms with Gasteiger partial charge in [-0.25, -0.2) is 8.78 Å². The normalized spacial score (nSPS) is 27.1. The summed E-state index contributed by atoms with van der Waals surface area (Å²) < 4.78 is 26.3. The van der Waals surface area contributed by atoms with Gasteiger partial charge in [-0.3, -0.25) is 4.79 Å². The molecule has 1 aliphatic heterocycles. The largest absolute Gasteiger partial charge is 0.347 e. The Balaban J connectivity index is 2.11. The summed E-state index contributed by atoms with van der Waals surface area (Å²) in [5, 5.41) is 6.11. The summed E-state index contributed by atoms with van der Waals surface area (Å²) in [5.74, 6) is -1.69. The van der Waals surface area contributed by atoms with Crippen LogP contribution in [0.4, 0.5) is 8.78 Å². The van der Waals surface area contributed by atoms with Crippen LogP contribution in [0.2, 0.25) is 0 Å². The van der Waals surface area contributed by atoms with Gasteiger partial charge in [0.1, 0.15) is 11.6 Å². The van der Waals surface area contributed by atoms with Gasteiger partial charge >= 0.3 is 0 Å². The van der Waals surface area contributed by atoms with E-state index in [4.69, 9.17) is 0 Å². The van der Waals surface area contributed by atoms with Gasteiger partial charge in [-0.2, -0.15) is 0 Å². The number of rotatable bonds is 2. The van der Waals surface area contributed by atoms with Crippen molar-refractivity contribution in [2.75, 3.05) is 6.54 Å². The highest BCUT2D eigenvalue weighted by atomic mass is 19.1. The molecule has 0 bridgehead atoms. The lowest BCUT2D eigenvalue weighted by molar-refractivity contribution is 0.0893. The maximum absolute atomic E-state index is 13.5. The molecule has 1 amide bonds. The first-order valence-electron chi connectivity index (χ1n) is 6.48. The summed E-state index contributed by atoms with van der Waals surface area (Å²) in [6.45, 7) is 4.96. The maximum Gasteiger partial charge on any atom is 0.254 e. The Morgan fingerprint density at radius 2 is 2.11 bits per heavy atom. The Morgan fingerprint density at radius 3 is 2.74 bits per heavy atom. The molecule has 3 atom stereocenters. The Morgan fingerprint density at radius 1 is 1.37 bits per heavy atom. The van der Waals surface area contributed by atoms with Gasteiger partial charge in [0, 0.05) is 18.2 Å². The second-order valence-corrected chi connectivity index (χ2v) is 5.13. The van der Waals surface area contributed by atoms with Crippen LogP contribution in [0.15, 0.2) is 18.2 Å². The molecular formula is C14H18F2N2O. The third-order valence-corrected chi connectivity index (χ3v) is 3.69. The molecule has 1 fully saturated rings. The summed E-state index contributed by atoms with van der Waals surface area (Å²) in [4.78, 5) is 12.0. The van der Waals surface area contributed by atoms with Gasteiger partial charge in [-0.05, 0) is 37.9 Å². The molecule has 1 aromatic carbocycles. The average molecular weight is 268 g/mol. The number of carbonyl (C=O) groups excluding carboxylic acids is 1. The summed E-state index contributed by atoms with van der Waals surface area (Å²) in [5.41, 5.74) is -0.119. The molecular weight excluding hydrogens is 250 g/mol. The number of nitrogens with one attached hydrogen (secondary N) is 2. The predicted octanol–water partition coefficient (Wildman–Crippen LogP) is 2.08. The number of piperidine rings is 1. The molecule has 2 N–H and O–H groups in total. The first-order valence-corrected chi connectivity index (χ1v) is 6.48. The third kappa shape index (κ3) is 3.10. The molecule has 0 radical (unpaired) electrons. The van der Waals surface area contributed by atoms with Crippen molar-refractivity contribution in [2.45, 2.75) is 32.4 Å². The van der Waals surface area contributed by atoms with E-state index in [1.807, 2.05) is 6.92 Å². The fraction of sp³-hybridized carbons (Fsp3) is 0.500. The molecule has 0 saturated carbocycles. The molecule has 0 spiro atoms. The number of amides is 1. The molecule has 1 heterocycles. The molecule has 5 heteroatoms. The molecule has 3 unspecified atom stereocenters. The highest BCUT2D eigenvalue weighted by Crippen LogP contribution is 2.17. The topological polar surface area (TPSA) is 41.1 Å². The Bertz CT molecular complexity index is 469. The van der Waals surface area contributed by atoms with Crippen LogP contribution in [-0.4, -0.2) is 24.5 Å².